The van der Waals surface area contributed by atoms with Gasteiger partial charge in [-0.05, 0) is 37.4 Å². The van der Waals surface area contributed by atoms with Gasteiger partial charge < -0.3 is 10.6 Å². The van der Waals surface area contributed by atoms with E-state index in [1.54, 1.807) is 0 Å². The molecule has 1 amide bonds. The van der Waals surface area contributed by atoms with Crippen LogP contribution in [0.1, 0.15) is 12.8 Å². The Morgan fingerprint density at radius 1 is 1.33 bits per heavy atom. The summed E-state index contributed by atoms with van der Waals surface area (Å²) in [6.45, 7) is 0.837. The topological polar surface area (TPSA) is 41.1 Å². The quantitative estimate of drug-likeness (QED) is 0.876. The lowest BCUT2D eigenvalue weighted by Gasteiger charge is -2.08. The molecule has 0 unspecified atom stereocenters. The van der Waals surface area contributed by atoms with Crippen LogP contribution in [-0.4, -0.2) is 19.0 Å². The predicted octanol–water partition coefficient (Wildman–Crippen LogP) is 2.67. The Morgan fingerprint density at radius 3 is 2.50 bits per heavy atom. The molecule has 0 bridgehead atoms. The first-order valence-corrected chi connectivity index (χ1v) is 6.50. The zero-order valence-electron chi connectivity index (χ0n) is 9.60. The molecule has 0 heterocycles. The second kappa shape index (κ2) is 5.75. The highest BCUT2D eigenvalue weighted by Gasteiger charge is 2.21. The standard InChI is InChI=1S/C12H13BrF2N2O/c13-8-3-9(14)12(10(15)4-8)17-11(18)6-16-5-7-1-2-7/h3-4,7,16H,1-2,5-6H2,(H,17,18). The summed E-state index contributed by atoms with van der Waals surface area (Å²) < 4.78 is 27.1. The van der Waals surface area contributed by atoms with E-state index in [-0.39, 0.29) is 6.54 Å². The van der Waals surface area contributed by atoms with E-state index in [0.717, 1.165) is 18.7 Å². The number of hydrogen-bond acceptors (Lipinski definition) is 2. The summed E-state index contributed by atoms with van der Waals surface area (Å²) in [6.07, 6.45) is 2.37. The van der Waals surface area contributed by atoms with Gasteiger partial charge in [-0.2, -0.15) is 0 Å². The lowest BCUT2D eigenvalue weighted by Crippen LogP contribution is -2.30. The number of benzene rings is 1. The van der Waals surface area contributed by atoms with Crippen molar-refractivity contribution in [1.29, 1.82) is 0 Å². The molecule has 0 spiro atoms. The predicted molar refractivity (Wildman–Crippen MR) is 68.3 cm³/mol. The zero-order valence-corrected chi connectivity index (χ0v) is 11.2. The zero-order chi connectivity index (χ0) is 13.1. The first kappa shape index (κ1) is 13.4. The summed E-state index contributed by atoms with van der Waals surface area (Å²) in [6, 6.07) is 2.21. The Hall–Kier alpha value is -1.01. The first-order chi connectivity index (χ1) is 8.56. The number of carbonyl (C=O) groups excluding carboxylic acids is 1. The third-order valence-corrected chi connectivity index (χ3v) is 3.14. The molecular formula is C12H13BrF2N2O. The van der Waals surface area contributed by atoms with E-state index in [9.17, 15) is 13.6 Å². The third kappa shape index (κ3) is 3.74. The van der Waals surface area contributed by atoms with Gasteiger partial charge in [0.25, 0.3) is 0 Å². The van der Waals surface area contributed by atoms with Crippen LogP contribution in [0, 0.1) is 17.6 Å². The first-order valence-electron chi connectivity index (χ1n) is 5.71. The monoisotopic (exact) mass is 318 g/mol. The van der Waals surface area contributed by atoms with Crippen LogP contribution in [-0.2, 0) is 4.79 Å². The van der Waals surface area contributed by atoms with Crippen molar-refractivity contribution in [3.05, 3.63) is 28.2 Å². The van der Waals surface area contributed by atoms with Crippen molar-refractivity contribution in [2.24, 2.45) is 5.92 Å². The number of hydrogen-bond donors (Lipinski definition) is 2. The Labute approximate surface area is 112 Å². The van der Waals surface area contributed by atoms with E-state index < -0.39 is 23.2 Å². The molecule has 18 heavy (non-hydrogen) atoms. The Bertz CT molecular complexity index is 440. The molecule has 2 N–H and O–H groups in total. The fourth-order valence-electron chi connectivity index (χ4n) is 1.56. The van der Waals surface area contributed by atoms with Gasteiger partial charge in [0.15, 0.2) is 11.6 Å². The molecule has 1 fully saturated rings. The number of anilines is 1. The molecule has 1 aromatic carbocycles. The fourth-order valence-corrected chi connectivity index (χ4v) is 1.96. The lowest BCUT2D eigenvalue weighted by atomic mass is 10.3. The second-order valence-corrected chi connectivity index (χ2v) is 5.28. The third-order valence-electron chi connectivity index (χ3n) is 2.69. The van der Waals surface area contributed by atoms with E-state index in [1.807, 2.05) is 0 Å². The fraction of sp³-hybridized carbons (Fsp3) is 0.417. The molecule has 1 aromatic rings. The van der Waals surface area contributed by atoms with Crippen LogP contribution < -0.4 is 10.6 Å². The summed E-state index contributed by atoms with van der Waals surface area (Å²) in [5, 5.41) is 5.18. The van der Waals surface area contributed by atoms with Gasteiger partial charge in [-0.15, -0.1) is 0 Å². The highest BCUT2D eigenvalue weighted by molar-refractivity contribution is 9.10. The number of amides is 1. The minimum atomic E-state index is -0.794. The number of nitrogens with one attached hydrogen (secondary N) is 2. The minimum absolute atomic E-state index is 0.0610. The van der Waals surface area contributed by atoms with Crippen LogP contribution in [0.4, 0.5) is 14.5 Å². The van der Waals surface area contributed by atoms with Crippen molar-refractivity contribution in [1.82, 2.24) is 5.32 Å². The molecule has 0 aliphatic heterocycles. The SMILES string of the molecule is O=C(CNCC1CC1)Nc1c(F)cc(Br)cc1F. The summed E-state index contributed by atoms with van der Waals surface area (Å²) in [7, 11) is 0. The van der Waals surface area contributed by atoms with Crippen molar-refractivity contribution in [3.63, 3.8) is 0 Å². The van der Waals surface area contributed by atoms with Gasteiger partial charge in [0.05, 0.1) is 6.54 Å². The molecule has 1 aliphatic rings. The number of rotatable bonds is 5. The van der Waals surface area contributed by atoms with Gasteiger partial charge in [0.2, 0.25) is 5.91 Å². The van der Waals surface area contributed by atoms with Gasteiger partial charge in [0, 0.05) is 4.47 Å². The van der Waals surface area contributed by atoms with Gasteiger partial charge in [-0.1, -0.05) is 15.9 Å². The van der Waals surface area contributed by atoms with Crippen LogP contribution in [0.25, 0.3) is 0 Å². The van der Waals surface area contributed by atoms with Crippen molar-refractivity contribution < 1.29 is 13.6 Å². The normalized spacial score (nSPS) is 14.6. The largest absolute Gasteiger partial charge is 0.320 e. The lowest BCUT2D eigenvalue weighted by molar-refractivity contribution is -0.115. The maximum atomic E-state index is 13.4. The van der Waals surface area contributed by atoms with Crippen LogP contribution in [0.3, 0.4) is 0 Å². The molecule has 3 nitrogen and oxygen atoms in total. The summed E-state index contributed by atoms with van der Waals surface area (Å²) in [5.41, 5.74) is -0.406. The molecule has 6 heteroatoms. The van der Waals surface area contributed by atoms with Gasteiger partial charge >= 0.3 is 0 Å². The highest BCUT2D eigenvalue weighted by atomic mass is 79.9. The van der Waals surface area contributed by atoms with E-state index in [1.165, 1.54) is 12.8 Å². The Morgan fingerprint density at radius 2 is 1.94 bits per heavy atom. The Kier molecular flexibility index (Phi) is 4.29. The van der Waals surface area contributed by atoms with Gasteiger partial charge in [0.1, 0.15) is 5.69 Å². The molecule has 98 valence electrons. The Balaban J connectivity index is 1.89. The molecule has 0 radical (unpaired) electrons. The molecular weight excluding hydrogens is 306 g/mol. The average molecular weight is 319 g/mol. The van der Waals surface area contributed by atoms with E-state index in [4.69, 9.17) is 0 Å². The second-order valence-electron chi connectivity index (χ2n) is 4.37. The van der Waals surface area contributed by atoms with Crippen molar-refractivity contribution in [3.8, 4) is 0 Å². The van der Waals surface area contributed by atoms with Crippen molar-refractivity contribution >= 4 is 27.5 Å². The molecule has 1 saturated carbocycles. The van der Waals surface area contributed by atoms with Gasteiger partial charge in [-0.25, -0.2) is 8.78 Å². The molecule has 2 rings (SSSR count). The summed E-state index contributed by atoms with van der Waals surface area (Å²) in [4.78, 5) is 11.5. The van der Waals surface area contributed by atoms with E-state index >= 15 is 0 Å². The van der Waals surface area contributed by atoms with Crippen molar-refractivity contribution in [2.45, 2.75) is 12.8 Å². The highest BCUT2D eigenvalue weighted by Crippen LogP contribution is 2.27. The smallest absolute Gasteiger partial charge is 0.238 e. The van der Waals surface area contributed by atoms with Crippen LogP contribution >= 0.6 is 15.9 Å². The van der Waals surface area contributed by atoms with Crippen LogP contribution in [0.2, 0.25) is 0 Å². The maximum absolute atomic E-state index is 13.4. The summed E-state index contributed by atoms with van der Waals surface area (Å²) >= 11 is 2.97. The number of carbonyl (C=O) groups is 1. The minimum Gasteiger partial charge on any atom is -0.320 e. The molecule has 0 saturated heterocycles. The van der Waals surface area contributed by atoms with Crippen molar-refractivity contribution in [2.75, 3.05) is 18.4 Å². The molecule has 0 aromatic heterocycles. The average Bonchev–Trinajstić information content (AvgIpc) is 3.07. The van der Waals surface area contributed by atoms with Gasteiger partial charge in [-0.3, -0.25) is 4.79 Å². The van der Waals surface area contributed by atoms with E-state index in [2.05, 4.69) is 26.6 Å². The molecule has 0 atom stereocenters. The molecule has 1 aliphatic carbocycles. The van der Waals surface area contributed by atoms with E-state index in [0.29, 0.717) is 10.4 Å². The number of halogens is 3. The summed E-state index contributed by atoms with van der Waals surface area (Å²) in [5.74, 6) is -1.38. The van der Waals surface area contributed by atoms with Crippen LogP contribution in [0.5, 0.6) is 0 Å². The van der Waals surface area contributed by atoms with Crippen LogP contribution in [0.15, 0.2) is 16.6 Å². The maximum Gasteiger partial charge on any atom is 0.238 e.